The van der Waals surface area contributed by atoms with Crippen molar-refractivity contribution in [1.82, 2.24) is 24.2 Å². The van der Waals surface area contributed by atoms with E-state index in [0.29, 0.717) is 42.1 Å². The van der Waals surface area contributed by atoms with Crippen LogP contribution in [0.15, 0.2) is 41.5 Å². The molecule has 1 aliphatic heterocycles. The molecule has 0 N–H and O–H groups in total. The van der Waals surface area contributed by atoms with Gasteiger partial charge < -0.3 is 4.90 Å². The Morgan fingerprint density at radius 1 is 1.25 bits per heavy atom. The van der Waals surface area contributed by atoms with Crippen molar-refractivity contribution in [2.24, 2.45) is 0 Å². The van der Waals surface area contributed by atoms with Crippen molar-refractivity contribution in [2.45, 2.75) is 33.4 Å². The summed E-state index contributed by atoms with van der Waals surface area (Å²) in [4.78, 5) is 31.4. The Morgan fingerprint density at radius 2 is 2.00 bits per heavy atom. The second-order valence-electron chi connectivity index (χ2n) is 6.80. The van der Waals surface area contributed by atoms with Gasteiger partial charge in [-0.15, -0.1) is 0 Å². The van der Waals surface area contributed by atoms with Gasteiger partial charge in [0.2, 0.25) is 0 Å². The Balaban J connectivity index is 1.59. The first-order valence-corrected chi connectivity index (χ1v) is 9.17. The number of amides is 1. The van der Waals surface area contributed by atoms with Crippen molar-refractivity contribution in [1.29, 1.82) is 0 Å². The standard InChI is InChI=1S/C20H20FN5O2/c1-3-24-12-22-18-11-25(9-8-16(18)19(24)27)20(28)17-10-13(2)26(23-17)15-6-4-14(21)5-7-15/h4-7,10,12H,3,8-9,11H2,1-2H3. The Morgan fingerprint density at radius 3 is 2.71 bits per heavy atom. The topological polar surface area (TPSA) is 73.0 Å². The number of fused-ring (bicyclic) bond motifs is 1. The zero-order valence-electron chi connectivity index (χ0n) is 15.7. The molecule has 3 heterocycles. The quantitative estimate of drug-likeness (QED) is 0.696. The Hall–Kier alpha value is -3.29. The predicted molar refractivity (Wildman–Crippen MR) is 101 cm³/mol. The maximum Gasteiger partial charge on any atom is 0.274 e. The maximum absolute atomic E-state index is 13.2. The molecule has 0 bridgehead atoms. The number of nitrogens with zero attached hydrogens (tertiary/aromatic N) is 5. The van der Waals surface area contributed by atoms with Crippen molar-refractivity contribution < 1.29 is 9.18 Å². The largest absolute Gasteiger partial charge is 0.331 e. The molecule has 8 heteroatoms. The number of aromatic nitrogens is 4. The second-order valence-corrected chi connectivity index (χ2v) is 6.80. The Labute approximate surface area is 161 Å². The molecule has 1 amide bonds. The highest BCUT2D eigenvalue weighted by atomic mass is 19.1. The molecule has 4 rings (SSSR count). The predicted octanol–water partition coefficient (Wildman–Crippen LogP) is 2.09. The van der Waals surface area contributed by atoms with Crippen LogP contribution in [0.2, 0.25) is 0 Å². The maximum atomic E-state index is 13.2. The Bertz CT molecular complexity index is 1100. The summed E-state index contributed by atoms with van der Waals surface area (Å²) in [7, 11) is 0. The molecule has 0 aliphatic carbocycles. The van der Waals surface area contributed by atoms with Gasteiger partial charge in [0, 0.05) is 24.3 Å². The van der Waals surface area contributed by atoms with Crippen LogP contribution >= 0.6 is 0 Å². The fourth-order valence-electron chi connectivity index (χ4n) is 3.44. The molecule has 1 aromatic carbocycles. The third-order valence-electron chi connectivity index (χ3n) is 5.00. The van der Waals surface area contributed by atoms with Crippen LogP contribution in [0.1, 0.15) is 34.4 Å². The van der Waals surface area contributed by atoms with E-state index in [2.05, 4.69) is 10.1 Å². The number of hydrogen-bond donors (Lipinski definition) is 0. The Kier molecular flexibility index (Phi) is 4.54. The third kappa shape index (κ3) is 3.11. The number of carbonyl (C=O) groups is 1. The van der Waals surface area contributed by atoms with Crippen LogP contribution in [0.5, 0.6) is 0 Å². The molecule has 0 fully saturated rings. The average Bonchev–Trinajstić information content (AvgIpc) is 3.09. The normalized spacial score (nSPS) is 13.5. The number of rotatable bonds is 3. The van der Waals surface area contributed by atoms with Crippen molar-refractivity contribution in [3.8, 4) is 5.69 Å². The third-order valence-corrected chi connectivity index (χ3v) is 5.00. The summed E-state index contributed by atoms with van der Waals surface area (Å²) in [5.41, 5.74) is 3.06. The molecule has 7 nitrogen and oxygen atoms in total. The van der Waals surface area contributed by atoms with Gasteiger partial charge in [0.1, 0.15) is 5.82 Å². The highest BCUT2D eigenvalue weighted by Gasteiger charge is 2.27. The summed E-state index contributed by atoms with van der Waals surface area (Å²) in [5.74, 6) is -0.539. The van der Waals surface area contributed by atoms with Gasteiger partial charge >= 0.3 is 0 Å². The van der Waals surface area contributed by atoms with Gasteiger partial charge in [0.25, 0.3) is 11.5 Å². The van der Waals surface area contributed by atoms with Crippen LogP contribution in [0.4, 0.5) is 4.39 Å². The van der Waals surface area contributed by atoms with E-state index in [4.69, 9.17) is 0 Å². The van der Waals surface area contributed by atoms with Crippen molar-refractivity contribution >= 4 is 5.91 Å². The monoisotopic (exact) mass is 381 g/mol. The molecular formula is C20H20FN5O2. The molecule has 0 unspecified atom stereocenters. The van der Waals surface area contributed by atoms with E-state index in [1.54, 1.807) is 32.3 Å². The summed E-state index contributed by atoms with van der Waals surface area (Å²) in [5, 5.41) is 4.40. The molecule has 0 radical (unpaired) electrons. The van der Waals surface area contributed by atoms with Crippen molar-refractivity contribution in [2.75, 3.05) is 6.54 Å². The zero-order valence-corrected chi connectivity index (χ0v) is 15.7. The van der Waals surface area contributed by atoms with Gasteiger partial charge in [-0.25, -0.2) is 14.1 Å². The van der Waals surface area contributed by atoms with Crippen molar-refractivity contribution in [3.05, 3.63) is 75.5 Å². The highest BCUT2D eigenvalue weighted by Crippen LogP contribution is 2.18. The molecule has 2 aromatic heterocycles. The van der Waals surface area contributed by atoms with Crippen LogP contribution in [0, 0.1) is 12.7 Å². The minimum atomic E-state index is -0.327. The number of hydrogen-bond acceptors (Lipinski definition) is 4. The van der Waals surface area contributed by atoms with E-state index in [9.17, 15) is 14.0 Å². The summed E-state index contributed by atoms with van der Waals surface area (Å²) < 4.78 is 16.3. The van der Waals surface area contributed by atoms with Gasteiger partial charge in [-0.3, -0.25) is 14.2 Å². The zero-order chi connectivity index (χ0) is 19.8. The molecule has 3 aromatic rings. The first kappa shape index (κ1) is 18.1. The molecule has 28 heavy (non-hydrogen) atoms. The number of carbonyl (C=O) groups excluding carboxylic acids is 1. The summed E-state index contributed by atoms with van der Waals surface area (Å²) in [6, 6.07) is 7.65. The van der Waals surface area contributed by atoms with Gasteiger partial charge in [-0.1, -0.05) is 0 Å². The lowest BCUT2D eigenvalue weighted by Gasteiger charge is -2.27. The lowest BCUT2D eigenvalue weighted by molar-refractivity contribution is 0.0724. The van der Waals surface area contributed by atoms with Crippen LogP contribution in [0.25, 0.3) is 5.69 Å². The van der Waals surface area contributed by atoms with Gasteiger partial charge in [0.15, 0.2) is 5.69 Å². The molecule has 0 spiro atoms. The minimum Gasteiger partial charge on any atom is -0.331 e. The van der Waals surface area contributed by atoms with Crippen molar-refractivity contribution in [3.63, 3.8) is 0 Å². The fraction of sp³-hybridized carbons (Fsp3) is 0.300. The molecule has 144 valence electrons. The minimum absolute atomic E-state index is 0.0315. The van der Waals surface area contributed by atoms with Crippen LogP contribution in [-0.4, -0.2) is 36.7 Å². The average molecular weight is 381 g/mol. The lowest BCUT2D eigenvalue weighted by atomic mass is 10.1. The molecule has 0 saturated heterocycles. The highest BCUT2D eigenvalue weighted by molar-refractivity contribution is 5.92. The molecule has 0 saturated carbocycles. The molecular weight excluding hydrogens is 361 g/mol. The van der Waals surface area contributed by atoms with E-state index < -0.39 is 0 Å². The van der Waals surface area contributed by atoms with Gasteiger partial charge in [-0.05, 0) is 50.6 Å². The number of benzene rings is 1. The van der Waals surface area contributed by atoms with Crippen LogP contribution < -0.4 is 5.56 Å². The SMILES string of the molecule is CCn1cnc2c(c1=O)CCN(C(=O)c1cc(C)n(-c3ccc(F)cc3)n1)C2. The van der Waals surface area contributed by atoms with E-state index in [0.717, 1.165) is 5.69 Å². The second kappa shape index (κ2) is 7.03. The molecule has 0 atom stereocenters. The van der Waals surface area contributed by atoms with E-state index in [1.165, 1.54) is 18.5 Å². The number of halogens is 1. The van der Waals surface area contributed by atoms with Gasteiger partial charge in [-0.2, -0.15) is 5.10 Å². The fourth-order valence-corrected chi connectivity index (χ4v) is 3.44. The summed E-state index contributed by atoms with van der Waals surface area (Å²) in [6.45, 7) is 5.04. The summed E-state index contributed by atoms with van der Waals surface area (Å²) >= 11 is 0. The van der Waals surface area contributed by atoms with Crippen LogP contribution in [-0.2, 0) is 19.5 Å². The van der Waals surface area contributed by atoms with Gasteiger partial charge in [0.05, 0.1) is 24.3 Å². The number of aryl methyl sites for hydroxylation is 2. The smallest absolute Gasteiger partial charge is 0.274 e. The first-order valence-electron chi connectivity index (χ1n) is 9.17. The molecule has 1 aliphatic rings. The lowest BCUT2D eigenvalue weighted by Crippen LogP contribution is -2.40. The van der Waals surface area contributed by atoms with Crippen LogP contribution in [0.3, 0.4) is 0 Å². The first-order chi connectivity index (χ1) is 13.5. The van der Waals surface area contributed by atoms with E-state index in [-0.39, 0.29) is 23.8 Å². The summed E-state index contributed by atoms with van der Waals surface area (Å²) in [6.07, 6.45) is 2.01. The van der Waals surface area contributed by atoms with E-state index >= 15 is 0 Å². The van der Waals surface area contributed by atoms with E-state index in [1.807, 2.05) is 13.8 Å².